The fraction of sp³-hybridized carbons (Fsp3) is 0.579. The van der Waals surface area contributed by atoms with E-state index in [1.165, 1.54) is 0 Å². The Bertz CT molecular complexity index is 562. The number of likely N-dealkylation sites (tertiary alicyclic amines) is 1. The van der Waals surface area contributed by atoms with Crippen LogP contribution in [0, 0.1) is 5.92 Å². The summed E-state index contributed by atoms with van der Waals surface area (Å²) in [5.74, 6) is -0.0395. The Morgan fingerprint density at radius 2 is 1.70 bits per heavy atom. The minimum absolute atomic E-state index is 0.00831. The first-order chi connectivity index (χ1) is 10.7. The minimum Gasteiger partial charge on any atom is -0.458 e. The third-order valence-electron chi connectivity index (χ3n) is 4.43. The Hall–Kier alpha value is -1.84. The summed E-state index contributed by atoms with van der Waals surface area (Å²) >= 11 is 0. The Morgan fingerprint density at radius 3 is 2.26 bits per heavy atom. The van der Waals surface area contributed by atoms with E-state index in [9.17, 15) is 9.59 Å². The number of carbonyl (C=O) groups excluding carboxylic acids is 2. The van der Waals surface area contributed by atoms with Crippen molar-refractivity contribution in [3.05, 3.63) is 35.9 Å². The molecule has 1 aromatic carbocycles. The summed E-state index contributed by atoms with van der Waals surface area (Å²) < 4.78 is 5.54. The second-order valence-electron chi connectivity index (χ2n) is 7.42. The van der Waals surface area contributed by atoms with Gasteiger partial charge in [0.1, 0.15) is 11.6 Å². The van der Waals surface area contributed by atoms with Gasteiger partial charge in [-0.05, 0) is 58.6 Å². The predicted molar refractivity (Wildman–Crippen MR) is 90.1 cm³/mol. The molecule has 0 unspecified atom stereocenters. The number of esters is 1. The highest BCUT2D eigenvalue weighted by Crippen LogP contribution is 2.30. The number of nitrogens with zero attached hydrogens (tertiary/aromatic N) is 1. The molecule has 23 heavy (non-hydrogen) atoms. The molecule has 0 spiro atoms. The van der Waals surface area contributed by atoms with Crippen LogP contribution in [0.15, 0.2) is 30.3 Å². The van der Waals surface area contributed by atoms with E-state index in [1.807, 2.05) is 45.9 Å². The highest BCUT2D eigenvalue weighted by atomic mass is 16.6. The van der Waals surface area contributed by atoms with Crippen molar-refractivity contribution in [3.63, 3.8) is 0 Å². The summed E-state index contributed by atoms with van der Waals surface area (Å²) in [5, 5.41) is 0. The molecule has 1 heterocycles. The Kier molecular flexibility index (Phi) is 5.12. The van der Waals surface area contributed by atoms with Gasteiger partial charge in [-0.2, -0.15) is 0 Å². The van der Waals surface area contributed by atoms with E-state index in [1.54, 1.807) is 17.0 Å². The van der Waals surface area contributed by atoms with Gasteiger partial charge in [0.05, 0.1) is 0 Å². The van der Waals surface area contributed by atoms with Crippen molar-refractivity contribution in [1.29, 1.82) is 0 Å². The Morgan fingerprint density at radius 1 is 1.09 bits per heavy atom. The van der Waals surface area contributed by atoms with E-state index < -0.39 is 11.6 Å². The maximum absolute atomic E-state index is 13.0. The van der Waals surface area contributed by atoms with Crippen molar-refractivity contribution in [2.24, 2.45) is 5.92 Å². The summed E-state index contributed by atoms with van der Waals surface area (Å²) in [6.45, 7) is 9.69. The number of piperidine rings is 1. The quantitative estimate of drug-likeness (QED) is 0.782. The summed E-state index contributed by atoms with van der Waals surface area (Å²) in [7, 11) is 0. The first-order valence-corrected chi connectivity index (χ1v) is 8.31. The molecule has 2 rings (SSSR count). The Balaban J connectivity index is 2.29. The van der Waals surface area contributed by atoms with Crippen LogP contribution >= 0.6 is 0 Å². The average molecular weight is 317 g/mol. The normalized spacial score (nSPS) is 25.1. The van der Waals surface area contributed by atoms with Crippen molar-refractivity contribution in [2.75, 3.05) is 0 Å². The van der Waals surface area contributed by atoms with Gasteiger partial charge in [-0.3, -0.25) is 4.79 Å². The van der Waals surface area contributed by atoms with Crippen LogP contribution in [0.4, 0.5) is 0 Å². The lowest BCUT2D eigenvalue weighted by molar-refractivity contribution is -0.163. The smallest absolute Gasteiger partial charge is 0.329 e. The van der Waals surface area contributed by atoms with Crippen LogP contribution in [-0.4, -0.2) is 34.5 Å². The van der Waals surface area contributed by atoms with Crippen LogP contribution in [0.2, 0.25) is 0 Å². The van der Waals surface area contributed by atoms with Gasteiger partial charge < -0.3 is 9.64 Å². The van der Waals surface area contributed by atoms with Crippen LogP contribution in [0.5, 0.6) is 0 Å². The van der Waals surface area contributed by atoms with Gasteiger partial charge in [0, 0.05) is 11.6 Å². The Labute approximate surface area is 138 Å². The molecule has 0 N–H and O–H groups in total. The first kappa shape index (κ1) is 17.5. The highest BCUT2D eigenvalue weighted by Gasteiger charge is 2.41. The standard InChI is InChI=1S/C19H27NO3/c1-13-11-12-16(18(22)23-19(3,4)5)20(14(13)2)17(21)15-9-7-6-8-10-15/h6-10,13-14,16H,11-12H2,1-5H3/t13-,14-,16-/m1/s1. The number of amides is 1. The molecular formula is C19H27NO3. The van der Waals surface area contributed by atoms with Gasteiger partial charge in [-0.1, -0.05) is 25.1 Å². The number of benzene rings is 1. The van der Waals surface area contributed by atoms with Gasteiger partial charge in [-0.25, -0.2) is 4.79 Å². The number of hydrogen-bond donors (Lipinski definition) is 0. The van der Waals surface area contributed by atoms with Crippen LogP contribution in [0.25, 0.3) is 0 Å². The van der Waals surface area contributed by atoms with E-state index in [0.29, 0.717) is 17.9 Å². The summed E-state index contributed by atoms with van der Waals surface area (Å²) in [6.07, 6.45) is 1.57. The van der Waals surface area contributed by atoms with Crippen LogP contribution in [-0.2, 0) is 9.53 Å². The molecule has 4 heteroatoms. The van der Waals surface area contributed by atoms with E-state index in [4.69, 9.17) is 4.74 Å². The molecule has 1 fully saturated rings. The molecule has 1 aliphatic rings. The third-order valence-corrected chi connectivity index (χ3v) is 4.43. The largest absolute Gasteiger partial charge is 0.458 e. The molecule has 0 saturated carbocycles. The van der Waals surface area contributed by atoms with Crippen molar-refractivity contribution in [2.45, 2.75) is 65.1 Å². The fourth-order valence-electron chi connectivity index (χ4n) is 3.02. The summed E-state index contributed by atoms with van der Waals surface area (Å²) in [4.78, 5) is 27.3. The number of ether oxygens (including phenoxy) is 1. The molecule has 0 aromatic heterocycles. The van der Waals surface area contributed by atoms with E-state index in [-0.39, 0.29) is 17.9 Å². The van der Waals surface area contributed by atoms with E-state index >= 15 is 0 Å². The summed E-state index contributed by atoms with van der Waals surface area (Å²) in [5.41, 5.74) is 0.0622. The van der Waals surface area contributed by atoms with Crippen LogP contribution < -0.4 is 0 Å². The van der Waals surface area contributed by atoms with E-state index in [0.717, 1.165) is 6.42 Å². The van der Waals surface area contributed by atoms with Crippen LogP contribution in [0.1, 0.15) is 57.8 Å². The zero-order valence-electron chi connectivity index (χ0n) is 14.7. The second-order valence-corrected chi connectivity index (χ2v) is 7.42. The van der Waals surface area contributed by atoms with Crippen molar-refractivity contribution in [1.82, 2.24) is 4.90 Å². The van der Waals surface area contributed by atoms with Gasteiger partial charge in [0.2, 0.25) is 0 Å². The van der Waals surface area contributed by atoms with Crippen molar-refractivity contribution in [3.8, 4) is 0 Å². The molecule has 1 aromatic rings. The minimum atomic E-state index is -0.551. The average Bonchev–Trinajstić information content (AvgIpc) is 2.48. The number of rotatable bonds is 2. The topological polar surface area (TPSA) is 46.6 Å². The monoisotopic (exact) mass is 317 g/mol. The summed E-state index contributed by atoms with van der Waals surface area (Å²) in [6, 6.07) is 8.65. The van der Waals surface area contributed by atoms with Crippen molar-refractivity contribution >= 4 is 11.9 Å². The second kappa shape index (κ2) is 6.73. The maximum Gasteiger partial charge on any atom is 0.329 e. The zero-order valence-corrected chi connectivity index (χ0v) is 14.7. The lowest BCUT2D eigenvalue weighted by atomic mass is 9.87. The van der Waals surface area contributed by atoms with Gasteiger partial charge in [0.25, 0.3) is 5.91 Å². The van der Waals surface area contributed by atoms with Crippen molar-refractivity contribution < 1.29 is 14.3 Å². The van der Waals surface area contributed by atoms with Gasteiger partial charge >= 0.3 is 5.97 Å². The molecule has 0 radical (unpaired) electrons. The molecule has 126 valence electrons. The fourth-order valence-corrected chi connectivity index (χ4v) is 3.02. The third kappa shape index (κ3) is 4.12. The predicted octanol–water partition coefficient (Wildman–Crippen LogP) is 3.66. The van der Waals surface area contributed by atoms with E-state index in [2.05, 4.69) is 6.92 Å². The molecule has 1 saturated heterocycles. The zero-order chi connectivity index (χ0) is 17.2. The maximum atomic E-state index is 13.0. The first-order valence-electron chi connectivity index (χ1n) is 8.31. The number of carbonyl (C=O) groups is 2. The van der Waals surface area contributed by atoms with Gasteiger partial charge in [0.15, 0.2) is 0 Å². The molecule has 1 aliphatic heterocycles. The highest BCUT2D eigenvalue weighted by molar-refractivity contribution is 5.97. The molecule has 1 amide bonds. The molecular weight excluding hydrogens is 290 g/mol. The van der Waals surface area contributed by atoms with Gasteiger partial charge in [-0.15, -0.1) is 0 Å². The molecule has 4 nitrogen and oxygen atoms in total. The molecule has 0 bridgehead atoms. The van der Waals surface area contributed by atoms with Crippen LogP contribution in [0.3, 0.4) is 0 Å². The molecule has 3 atom stereocenters. The lowest BCUT2D eigenvalue weighted by Crippen LogP contribution is -2.56. The number of hydrogen-bond acceptors (Lipinski definition) is 3. The SMILES string of the molecule is C[C@@H]1CC[C@H](C(=O)OC(C)(C)C)N(C(=O)c2ccccc2)[C@@H]1C. The lowest BCUT2D eigenvalue weighted by Gasteiger charge is -2.43. The molecule has 0 aliphatic carbocycles.